The number of urea groups is 1. The van der Waals surface area contributed by atoms with Crippen LogP contribution in [0.1, 0.15) is 18.7 Å². The Morgan fingerprint density at radius 3 is 2.92 bits per heavy atom. The van der Waals surface area contributed by atoms with Gasteiger partial charge in [0.15, 0.2) is 0 Å². The molecule has 26 heavy (non-hydrogen) atoms. The van der Waals surface area contributed by atoms with Crippen LogP contribution in [-0.2, 0) is 14.8 Å². The smallest absolute Gasteiger partial charge is 0.350 e. The van der Waals surface area contributed by atoms with Gasteiger partial charge in [0.2, 0.25) is 5.88 Å². The molecule has 1 aliphatic heterocycles. The van der Waals surface area contributed by atoms with Crippen LogP contribution < -0.4 is 15.6 Å². The first kappa shape index (κ1) is 19.4. The molecule has 1 aliphatic rings. The zero-order valence-corrected chi connectivity index (χ0v) is 14.6. The van der Waals surface area contributed by atoms with E-state index in [1.165, 1.54) is 19.4 Å². The number of sulfonamides is 1. The Morgan fingerprint density at radius 1 is 1.54 bits per heavy atom. The molecule has 0 radical (unpaired) electrons. The molecule has 1 aromatic heterocycles. The third-order valence-electron chi connectivity index (χ3n) is 3.02. The minimum Gasteiger partial charge on any atom is -0.481 e. The Morgan fingerprint density at radius 2 is 2.27 bits per heavy atom. The number of carbonyl (C=O) groups is 1. The summed E-state index contributed by atoms with van der Waals surface area (Å²) in [5.41, 5.74) is 4.74. The number of hydrogen-bond acceptors (Lipinski definition) is 9. The van der Waals surface area contributed by atoms with Gasteiger partial charge < -0.3 is 9.84 Å². The standard InChI is InChI=1S/C13H17FN6O5S/c1-8-6-11(25-2)17-20(16-8)18-13(22)19-26(23,24)10-4-3-5-15-12(10)9(21)7-14/h3-6,9,17,21H,7H2,1-2H3,(H2,18,19,22). The highest BCUT2D eigenvalue weighted by Gasteiger charge is 2.26. The number of pyridine rings is 1. The highest BCUT2D eigenvalue weighted by atomic mass is 32.2. The number of aromatic nitrogens is 1. The lowest BCUT2D eigenvalue weighted by atomic mass is 10.2. The molecule has 2 amide bonds. The molecule has 142 valence electrons. The molecule has 0 bridgehead atoms. The first-order valence-corrected chi connectivity index (χ1v) is 8.65. The van der Waals surface area contributed by atoms with E-state index in [0.717, 1.165) is 11.3 Å². The van der Waals surface area contributed by atoms with Crippen LogP contribution in [0.5, 0.6) is 0 Å². The van der Waals surface area contributed by atoms with Gasteiger partial charge in [-0.2, -0.15) is 0 Å². The van der Waals surface area contributed by atoms with Gasteiger partial charge in [0.05, 0.1) is 18.5 Å². The molecule has 0 saturated heterocycles. The average molecular weight is 388 g/mol. The first-order valence-electron chi connectivity index (χ1n) is 7.17. The maximum absolute atomic E-state index is 12.7. The van der Waals surface area contributed by atoms with Crippen molar-refractivity contribution >= 4 is 21.8 Å². The Balaban J connectivity index is 2.13. The van der Waals surface area contributed by atoms with Crippen molar-refractivity contribution in [3.63, 3.8) is 0 Å². The van der Waals surface area contributed by atoms with E-state index >= 15 is 0 Å². The number of rotatable bonds is 6. The molecular formula is C13H17FN6O5S. The average Bonchev–Trinajstić information content (AvgIpc) is 2.59. The maximum atomic E-state index is 12.7. The van der Waals surface area contributed by atoms with E-state index in [1.807, 2.05) is 0 Å². The number of aliphatic hydroxyl groups excluding tert-OH is 1. The molecule has 4 N–H and O–H groups in total. The quantitative estimate of drug-likeness (QED) is 0.518. The summed E-state index contributed by atoms with van der Waals surface area (Å²) in [5, 5.41) is 14.3. The molecule has 2 rings (SSSR count). The van der Waals surface area contributed by atoms with Gasteiger partial charge in [-0.05, 0) is 19.1 Å². The fraction of sp³-hybridized carbons (Fsp3) is 0.308. The summed E-state index contributed by atoms with van der Waals surface area (Å²) >= 11 is 0. The summed E-state index contributed by atoms with van der Waals surface area (Å²) in [7, 11) is -3.04. The van der Waals surface area contributed by atoms with E-state index in [4.69, 9.17) is 4.74 Å². The van der Waals surface area contributed by atoms with Gasteiger partial charge in [0, 0.05) is 12.3 Å². The summed E-state index contributed by atoms with van der Waals surface area (Å²) < 4.78 is 44.1. The third-order valence-corrected chi connectivity index (χ3v) is 4.40. The number of hydrazine groups is 2. The summed E-state index contributed by atoms with van der Waals surface area (Å²) in [6.45, 7) is 0.396. The lowest BCUT2D eigenvalue weighted by Crippen LogP contribution is -2.53. The first-order chi connectivity index (χ1) is 12.3. The third kappa shape index (κ3) is 4.58. The number of allylic oxidation sites excluding steroid dienone is 1. The van der Waals surface area contributed by atoms with Gasteiger partial charge in [-0.3, -0.25) is 4.98 Å². The van der Waals surface area contributed by atoms with Crippen molar-refractivity contribution < 1.29 is 27.4 Å². The number of aliphatic hydroxyl groups is 1. The Bertz CT molecular complexity index is 843. The summed E-state index contributed by atoms with van der Waals surface area (Å²) in [5.74, 6) is 0.265. The molecule has 0 aliphatic carbocycles. The number of nitrogens with one attached hydrogen (secondary N) is 3. The van der Waals surface area contributed by atoms with Crippen LogP contribution in [-0.4, -0.2) is 49.3 Å². The van der Waals surface area contributed by atoms with E-state index in [1.54, 1.807) is 17.7 Å². The Kier molecular flexibility index (Phi) is 5.94. The van der Waals surface area contributed by atoms with E-state index in [-0.39, 0.29) is 5.88 Å². The number of ether oxygens (including phenoxy) is 1. The van der Waals surface area contributed by atoms with Crippen LogP contribution in [0.15, 0.2) is 40.3 Å². The summed E-state index contributed by atoms with van der Waals surface area (Å²) in [6, 6.07) is 1.21. The van der Waals surface area contributed by atoms with Crippen LogP contribution >= 0.6 is 0 Å². The fourth-order valence-electron chi connectivity index (χ4n) is 1.94. The van der Waals surface area contributed by atoms with Crippen molar-refractivity contribution in [2.45, 2.75) is 17.9 Å². The van der Waals surface area contributed by atoms with Crippen LogP contribution in [0.2, 0.25) is 0 Å². The minimum absolute atomic E-state index is 0.265. The van der Waals surface area contributed by atoms with Crippen LogP contribution in [0.3, 0.4) is 0 Å². The molecule has 0 aromatic carbocycles. The molecule has 1 unspecified atom stereocenters. The summed E-state index contributed by atoms with van der Waals surface area (Å²) in [4.78, 5) is 15.1. The fourth-order valence-corrected chi connectivity index (χ4v) is 3.07. The number of alkyl halides is 1. The molecule has 11 nitrogen and oxygen atoms in total. The Labute approximate surface area is 148 Å². The second-order valence-electron chi connectivity index (χ2n) is 4.98. The zero-order valence-electron chi connectivity index (χ0n) is 13.8. The van der Waals surface area contributed by atoms with Crippen molar-refractivity contribution in [3.05, 3.63) is 36.0 Å². The summed E-state index contributed by atoms with van der Waals surface area (Å²) in [6.07, 6.45) is 1.00. The van der Waals surface area contributed by atoms with E-state index in [2.05, 4.69) is 20.9 Å². The molecule has 13 heteroatoms. The van der Waals surface area contributed by atoms with Gasteiger partial charge in [0.1, 0.15) is 17.7 Å². The molecule has 1 aromatic rings. The van der Waals surface area contributed by atoms with Gasteiger partial charge >= 0.3 is 6.03 Å². The second kappa shape index (κ2) is 7.97. The van der Waals surface area contributed by atoms with E-state index < -0.39 is 39.4 Å². The lowest BCUT2D eigenvalue weighted by molar-refractivity contribution is 0.0995. The number of hydrazone groups is 1. The topological polar surface area (TPSA) is 145 Å². The van der Waals surface area contributed by atoms with Crippen LogP contribution in [0.25, 0.3) is 0 Å². The molecule has 1 atom stereocenters. The van der Waals surface area contributed by atoms with Gasteiger partial charge in [0.25, 0.3) is 10.0 Å². The van der Waals surface area contributed by atoms with Crippen LogP contribution in [0.4, 0.5) is 9.18 Å². The number of methoxy groups -OCH3 is 1. The predicted octanol–water partition coefficient (Wildman–Crippen LogP) is -0.329. The van der Waals surface area contributed by atoms with Crippen molar-refractivity contribution in [3.8, 4) is 0 Å². The monoisotopic (exact) mass is 388 g/mol. The van der Waals surface area contributed by atoms with E-state index in [9.17, 15) is 22.7 Å². The van der Waals surface area contributed by atoms with E-state index in [0.29, 0.717) is 5.71 Å². The maximum Gasteiger partial charge on any atom is 0.350 e. The predicted molar refractivity (Wildman–Crippen MR) is 87.2 cm³/mol. The number of amides is 2. The number of carbonyl (C=O) groups excluding carboxylic acids is 1. The molecule has 0 fully saturated rings. The van der Waals surface area contributed by atoms with Gasteiger partial charge in [-0.1, -0.05) is 0 Å². The van der Waals surface area contributed by atoms with Crippen molar-refractivity contribution in [1.29, 1.82) is 0 Å². The Hall–Kier alpha value is -2.93. The number of nitrogens with zero attached hydrogens (tertiary/aromatic N) is 3. The lowest BCUT2D eigenvalue weighted by Gasteiger charge is -2.25. The van der Waals surface area contributed by atoms with Crippen LogP contribution in [0, 0.1) is 0 Å². The van der Waals surface area contributed by atoms with Crippen molar-refractivity contribution in [2.24, 2.45) is 5.10 Å². The normalized spacial score (nSPS) is 15.3. The number of hydrogen-bond donors (Lipinski definition) is 4. The SMILES string of the molecule is COC1=CC(C)=NN(NC(=O)NS(=O)(=O)c2cccnc2C(O)CF)N1. The van der Waals surface area contributed by atoms with Crippen molar-refractivity contribution in [1.82, 2.24) is 25.8 Å². The highest BCUT2D eigenvalue weighted by Crippen LogP contribution is 2.20. The van der Waals surface area contributed by atoms with Crippen molar-refractivity contribution in [2.75, 3.05) is 13.8 Å². The highest BCUT2D eigenvalue weighted by molar-refractivity contribution is 7.90. The second-order valence-corrected chi connectivity index (χ2v) is 6.63. The molecule has 0 saturated carbocycles. The van der Waals surface area contributed by atoms with Gasteiger partial charge in [-0.25, -0.2) is 33.2 Å². The molecular weight excluding hydrogens is 371 g/mol. The zero-order chi connectivity index (χ0) is 19.3. The molecule has 2 heterocycles. The number of halogens is 1. The minimum atomic E-state index is -4.43. The largest absolute Gasteiger partial charge is 0.481 e. The van der Waals surface area contributed by atoms with Gasteiger partial charge in [-0.15, -0.1) is 10.3 Å². The molecule has 0 spiro atoms.